The Morgan fingerprint density at radius 1 is 0.969 bits per heavy atom. The highest BCUT2D eigenvalue weighted by Gasteiger charge is 2.23. The minimum absolute atomic E-state index is 0.0762. The number of amides is 1. The molecule has 0 bridgehead atoms. The Hall–Kier alpha value is -3.52. The lowest BCUT2D eigenvalue weighted by molar-refractivity contribution is -0.132. The van der Waals surface area contributed by atoms with Crippen LogP contribution in [-0.2, 0) is 24.8 Å². The Bertz CT molecular complexity index is 1350. The Balaban J connectivity index is 1.30. The van der Waals surface area contributed by atoms with Crippen molar-refractivity contribution in [2.75, 3.05) is 26.2 Å². The van der Waals surface area contributed by atoms with Gasteiger partial charge in [0.15, 0.2) is 5.82 Å². The van der Waals surface area contributed by atoms with Gasteiger partial charge < -0.3 is 4.90 Å². The second-order valence-corrected chi connectivity index (χ2v) is 8.45. The van der Waals surface area contributed by atoms with E-state index in [0.717, 1.165) is 30.0 Å². The first-order valence-corrected chi connectivity index (χ1v) is 10.9. The zero-order chi connectivity index (χ0) is 22.2. The lowest BCUT2D eigenvalue weighted by Crippen LogP contribution is -2.48. The van der Waals surface area contributed by atoms with Crippen LogP contribution in [0.3, 0.4) is 0 Å². The monoisotopic (exact) mass is 430 g/mol. The van der Waals surface area contributed by atoms with Crippen molar-refractivity contribution in [1.82, 2.24) is 29.0 Å². The molecule has 32 heavy (non-hydrogen) atoms. The van der Waals surface area contributed by atoms with Crippen molar-refractivity contribution in [3.63, 3.8) is 0 Å². The van der Waals surface area contributed by atoms with Crippen LogP contribution < -0.4 is 5.56 Å². The summed E-state index contributed by atoms with van der Waals surface area (Å²) in [5, 5.41) is 9.31. The van der Waals surface area contributed by atoms with E-state index in [2.05, 4.69) is 15.1 Å². The van der Waals surface area contributed by atoms with Gasteiger partial charge in [-0.1, -0.05) is 42.0 Å². The summed E-state index contributed by atoms with van der Waals surface area (Å²) in [5.41, 5.74) is 2.99. The second kappa shape index (κ2) is 8.20. The number of carbonyl (C=O) groups excluding carboxylic acids is 1. The van der Waals surface area contributed by atoms with Gasteiger partial charge in [0.25, 0.3) is 5.56 Å². The number of aromatic nitrogens is 4. The largest absolute Gasteiger partial charge is 0.340 e. The fourth-order valence-electron chi connectivity index (χ4n) is 4.34. The fraction of sp³-hybridized carbons (Fsp3) is 0.333. The Kier molecular flexibility index (Phi) is 5.22. The van der Waals surface area contributed by atoms with Gasteiger partial charge >= 0.3 is 0 Å². The molecule has 0 atom stereocenters. The first-order valence-electron chi connectivity index (χ1n) is 10.9. The lowest BCUT2D eigenvalue weighted by atomic mass is 10.1. The van der Waals surface area contributed by atoms with Gasteiger partial charge in [-0.2, -0.15) is 0 Å². The van der Waals surface area contributed by atoms with Gasteiger partial charge in [0.05, 0.1) is 23.9 Å². The van der Waals surface area contributed by atoms with Gasteiger partial charge in [0.1, 0.15) is 0 Å². The minimum atomic E-state index is -0.0762. The third-order valence-corrected chi connectivity index (χ3v) is 6.26. The van der Waals surface area contributed by atoms with Crippen molar-refractivity contribution in [2.24, 2.45) is 7.05 Å². The van der Waals surface area contributed by atoms with Gasteiger partial charge in [-0.3, -0.25) is 23.5 Å². The summed E-state index contributed by atoms with van der Waals surface area (Å²) in [7, 11) is 1.72. The highest BCUT2D eigenvalue weighted by atomic mass is 16.2. The van der Waals surface area contributed by atoms with Crippen molar-refractivity contribution in [1.29, 1.82) is 0 Å². The van der Waals surface area contributed by atoms with Gasteiger partial charge in [0, 0.05) is 33.2 Å². The molecule has 1 aliphatic rings. The molecule has 2 aromatic heterocycles. The summed E-state index contributed by atoms with van der Waals surface area (Å²) in [6.07, 6.45) is 0.440. The molecule has 0 N–H and O–H groups in total. The first kappa shape index (κ1) is 20.4. The van der Waals surface area contributed by atoms with Crippen LogP contribution in [0.25, 0.3) is 16.7 Å². The van der Waals surface area contributed by atoms with Gasteiger partial charge in [0.2, 0.25) is 11.7 Å². The van der Waals surface area contributed by atoms with Gasteiger partial charge in [-0.05, 0) is 24.6 Å². The number of piperazine rings is 1. The molecule has 0 aliphatic carbocycles. The number of hydrogen-bond donors (Lipinski definition) is 0. The molecular weight excluding hydrogens is 404 g/mol. The van der Waals surface area contributed by atoms with Crippen LogP contribution >= 0.6 is 0 Å². The molecule has 5 rings (SSSR count). The van der Waals surface area contributed by atoms with E-state index < -0.39 is 0 Å². The Morgan fingerprint density at radius 2 is 1.69 bits per heavy atom. The molecule has 8 heteroatoms. The zero-order valence-corrected chi connectivity index (χ0v) is 18.4. The van der Waals surface area contributed by atoms with Gasteiger partial charge in [-0.15, -0.1) is 10.2 Å². The number of rotatable bonds is 4. The normalized spacial score (nSPS) is 15.0. The van der Waals surface area contributed by atoms with E-state index in [1.807, 2.05) is 64.8 Å². The Morgan fingerprint density at radius 3 is 2.44 bits per heavy atom. The molecule has 1 fully saturated rings. The molecule has 1 saturated heterocycles. The van der Waals surface area contributed by atoms with Crippen molar-refractivity contribution in [3.05, 3.63) is 75.8 Å². The van der Waals surface area contributed by atoms with E-state index in [-0.39, 0.29) is 11.5 Å². The predicted octanol–water partition coefficient (Wildman–Crippen LogP) is 1.78. The van der Waals surface area contributed by atoms with Crippen LogP contribution in [0, 0.1) is 6.92 Å². The minimum Gasteiger partial charge on any atom is -0.340 e. The Labute approximate surface area is 185 Å². The van der Waals surface area contributed by atoms with Crippen molar-refractivity contribution in [2.45, 2.75) is 19.9 Å². The number of aryl methyl sites for hydroxylation is 2. The number of fused-ring (bicyclic) bond motifs is 3. The van der Waals surface area contributed by atoms with E-state index >= 15 is 0 Å². The molecular formula is C24H26N6O2. The number of para-hydroxylation sites is 1. The predicted molar refractivity (Wildman–Crippen MR) is 122 cm³/mol. The molecule has 0 saturated carbocycles. The maximum Gasteiger partial charge on any atom is 0.262 e. The molecule has 4 aromatic rings. The zero-order valence-electron chi connectivity index (χ0n) is 18.4. The second-order valence-electron chi connectivity index (χ2n) is 8.45. The van der Waals surface area contributed by atoms with Crippen LogP contribution in [0.4, 0.5) is 0 Å². The number of benzene rings is 2. The van der Waals surface area contributed by atoms with E-state index in [4.69, 9.17) is 0 Å². The maximum absolute atomic E-state index is 12.7. The van der Waals surface area contributed by atoms with E-state index in [0.29, 0.717) is 37.2 Å². The molecule has 3 heterocycles. The topological polar surface area (TPSA) is 75.7 Å². The van der Waals surface area contributed by atoms with Crippen LogP contribution in [0.2, 0.25) is 0 Å². The van der Waals surface area contributed by atoms with Crippen molar-refractivity contribution < 1.29 is 4.79 Å². The number of nitrogens with zero attached hydrogens (tertiary/aromatic N) is 6. The third-order valence-electron chi connectivity index (χ3n) is 6.26. The van der Waals surface area contributed by atoms with Gasteiger partial charge in [-0.25, -0.2) is 0 Å². The van der Waals surface area contributed by atoms with Crippen molar-refractivity contribution >= 4 is 22.6 Å². The summed E-state index contributed by atoms with van der Waals surface area (Å²) in [5.74, 6) is 1.50. The third kappa shape index (κ3) is 3.67. The summed E-state index contributed by atoms with van der Waals surface area (Å²) < 4.78 is 3.51. The molecule has 164 valence electrons. The van der Waals surface area contributed by atoms with Crippen LogP contribution in [0.15, 0.2) is 53.3 Å². The molecule has 2 aromatic carbocycles. The number of hydrogen-bond acceptors (Lipinski definition) is 5. The molecule has 8 nitrogen and oxygen atoms in total. The number of carbonyl (C=O) groups is 1. The summed E-state index contributed by atoms with van der Waals surface area (Å²) in [4.78, 5) is 29.6. The van der Waals surface area contributed by atoms with Crippen LogP contribution in [-0.4, -0.2) is 61.1 Å². The average molecular weight is 431 g/mol. The molecule has 1 aliphatic heterocycles. The van der Waals surface area contributed by atoms with E-state index in [1.54, 1.807) is 11.6 Å². The summed E-state index contributed by atoms with van der Waals surface area (Å²) in [6, 6.07) is 15.7. The molecule has 0 unspecified atom stereocenters. The van der Waals surface area contributed by atoms with E-state index in [1.165, 1.54) is 5.56 Å². The maximum atomic E-state index is 12.7. The van der Waals surface area contributed by atoms with E-state index in [9.17, 15) is 9.59 Å². The molecule has 1 amide bonds. The fourth-order valence-corrected chi connectivity index (χ4v) is 4.34. The van der Waals surface area contributed by atoms with Crippen LogP contribution in [0.5, 0.6) is 0 Å². The quantitative estimate of drug-likeness (QED) is 0.493. The van der Waals surface area contributed by atoms with Crippen LogP contribution in [0.1, 0.15) is 17.0 Å². The standard InChI is InChI=1S/C24H26N6O2/c1-17-7-9-18(10-8-17)15-22(31)29-13-11-28(12-14-29)16-21-25-26-24-27(2)23(32)19-5-3-4-6-20(19)30(21)24/h3-10H,11-16H2,1-2H3. The smallest absolute Gasteiger partial charge is 0.262 e. The molecule has 0 radical (unpaired) electrons. The highest BCUT2D eigenvalue weighted by molar-refractivity contribution is 5.80. The SMILES string of the molecule is Cc1ccc(CC(=O)N2CCN(Cc3nnc4n(C)c(=O)c5ccccc5n34)CC2)cc1. The average Bonchev–Trinajstić information content (AvgIpc) is 3.23. The van der Waals surface area contributed by atoms with Crippen molar-refractivity contribution in [3.8, 4) is 0 Å². The first-order chi connectivity index (χ1) is 15.5. The summed E-state index contributed by atoms with van der Waals surface area (Å²) in [6.45, 7) is 5.60. The summed E-state index contributed by atoms with van der Waals surface area (Å²) >= 11 is 0. The lowest BCUT2D eigenvalue weighted by Gasteiger charge is -2.34. The highest BCUT2D eigenvalue weighted by Crippen LogP contribution is 2.16. The molecule has 0 spiro atoms.